The molecule has 0 atom stereocenters. The van der Waals surface area contributed by atoms with Crippen LogP contribution in [0.4, 0.5) is 5.69 Å². The molecule has 2 N–H and O–H groups in total. The van der Waals surface area contributed by atoms with Crippen LogP contribution in [0.15, 0.2) is 22.7 Å². The van der Waals surface area contributed by atoms with Gasteiger partial charge >= 0.3 is 0 Å². The van der Waals surface area contributed by atoms with E-state index in [0.717, 1.165) is 10.0 Å². The summed E-state index contributed by atoms with van der Waals surface area (Å²) < 4.78 is 0.850. The minimum absolute atomic E-state index is 0.707. The van der Waals surface area contributed by atoms with Crippen LogP contribution >= 0.6 is 15.9 Å². The van der Waals surface area contributed by atoms with Crippen LogP contribution in [-0.2, 0) is 0 Å². The van der Waals surface area contributed by atoms with E-state index in [1.54, 1.807) is 12.1 Å². The minimum Gasteiger partial charge on any atom is -0.398 e. The standard InChI is InChI=1S/C8H6BrN/c1-2-6-3-4-8(10)7(9)5-6/h1,3-5H,10H2. The van der Waals surface area contributed by atoms with Crippen LogP contribution in [0.1, 0.15) is 5.56 Å². The molecule has 0 unspecified atom stereocenters. The summed E-state index contributed by atoms with van der Waals surface area (Å²) in [7, 11) is 0. The summed E-state index contributed by atoms with van der Waals surface area (Å²) in [6, 6.07) is 5.40. The van der Waals surface area contributed by atoms with E-state index >= 15 is 0 Å². The Morgan fingerprint density at radius 3 is 2.70 bits per heavy atom. The van der Waals surface area contributed by atoms with Crippen LogP contribution in [0.25, 0.3) is 0 Å². The van der Waals surface area contributed by atoms with Gasteiger partial charge in [-0.3, -0.25) is 0 Å². The molecule has 0 amide bonds. The zero-order valence-electron chi connectivity index (χ0n) is 5.26. The van der Waals surface area contributed by atoms with E-state index in [0.29, 0.717) is 5.69 Å². The van der Waals surface area contributed by atoms with Gasteiger partial charge in [0, 0.05) is 15.7 Å². The molecule has 0 aliphatic heterocycles. The Hall–Kier alpha value is -0.940. The molecule has 0 radical (unpaired) electrons. The maximum Gasteiger partial charge on any atom is 0.0459 e. The number of hydrogen-bond acceptors (Lipinski definition) is 1. The first-order chi connectivity index (χ1) is 4.74. The number of hydrogen-bond donors (Lipinski definition) is 1. The molecule has 0 saturated carbocycles. The Kier molecular flexibility index (Phi) is 1.98. The second-order valence-electron chi connectivity index (χ2n) is 1.88. The summed E-state index contributed by atoms with van der Waals surface area (Å²) in [6.07, 6.45) is 5.16. The molecule has 0 aliphatic carbocycles. The topological polar surface area (TPSA) is 26.0 Å². The SMILES string of the molecule is C#Cc1ccc(N)c(Br)c1. The average Bonchev–Trinajstić information content (AvgIpc) is 1.95. The minimum atomic E-state index is 0.707. The van der Waals surface area contributed by atoms with Gasteiger partial charge in [0.2, 0.25) is 0 Å². The third-order valence-corrected chi connectivity index (χ3v) is 1.85. The summed E-state index contributed by atoms with van der Waals surface area (Å²) in [5.74, 6) is 2.51. The number of anilines is 1. The molecule has 50 valence electrons. The van der Waals surface area contributed by atoms with Crippen LogP contribution in [0, 0.1) is 12.3 Å². The lowest BCUT2D eigenvalue weighted by Gasteiger charge is -1.96. The Morgan fingerprint density at radius 1 is 1.50 bits per heavy atom. The van der Waals surface area contributed by atoms with E-state index in [-0.39, 0.29) is 0 Å². The molecule has 0 saturated heterocycles. The van der Waals surface area contributed by atoms with Crippen LogP contribution in [0.3, 0.4) is 0 Å². The quantitative estimate of drug-likeness (QED) is 0.498. The highest BCUT2D eigenvalue weighted by molar-refractivity contribution is 9.10. The van der Waals surface area contributed by atoms with E-state index in [2.05, 4.69) is 21.9 Å². The molecular weight excluding hydrogens is 190 g/mol. The van der Waals surface area contributed by atoms with Crippen LogP contribution in [-0.4, -0.2) is 0 Å². The molecule has 10 heavy (non-hydrogen) atoms. The molecule has 2 heteroatoms. The lowest BCUT2D eigenvalue weighted by molar-refractivity contribution is 1.59. The van der Waals surface area contributed by atoms with Gasteiger partial charge < -0.3 is 5.73 Å². The number of terminal acetylenes is 1. The second kappa shape index (κ2) is 2.76. The molecule has 0 bridgehead atoms. The molecule has 0 heterocycles. The summed E-state index contributed by atoms with van der Waals surface area (Å²) >= 11 is 3.27. The van der Waals surface area contributed by atoms with Gasteiger partial charge in [-0.05, 0) is 34.1 Å². The first kappa shape index (κ1) is 7.17. The fraction of sp³-hybridized carbons (Fsp3) is 0. The summed E-state index contributed by atoms with van der Waals surface area (Å²) in [5.41, 5.74) is 7.07. The van der Waals surface area contributed by atoms with Gasteiger partial charge in [0.05, 0.1) is 0 Å². The number of benzene rings is 1. The van der Waals surface area contributed by atoms with Gasteiger partial charge in [-0.15, -0.1) is 6.42 Å². The van der Waals surface area contributed by atoms with Gasteiger partial charge in [-0.2, -0.15) is 0 Å². The van der Waals surface area contributed by atoms with E-state index in [1.165, 1.54) is 0 Å². The van der Waals surface area contributed by atoms with Crippen molar-refractivity contribution >= 4 is 21.6 Å². The second-order valence-corrected chi connectivity index (χ2v) is 2.73. The van der Waals surface area contributed by atoms with Crippen molar-refractivity contribution in [2.45, 2.75) is 0 Å². The summed E-state index contributed by atoms with van der Waals surface area (Å²) in [6.45, 7) is 0. The van der Waals surface area contributed by atoms with Crippen molar-refractivity contribution in [3.63, 3.8) is 0 Å². The molecule has 0 spiro atoms. The Morgan fingerprint density at radius 2 is 2.20 bits per heavy atom. The smallest absolute Gasteiger partial charge is 0.0459 e. The monoisotopic (exact) mass is 195 g/mol. The Balaban J connectivity index is 3.20. The first-order valence-electron chi connectivity index (χ1n) is 2.75. The predicted octanol–water partition coefficient (Wildman–Crippen LogP) is 2.01. The third kappa shape index (κ3) is 1.31. The van der Waals surface area contributed by atoms with Crippen molar-refractivity contribution in [2.75, 3.05) is 5.73 Å². The zero-order chi connectivity index (χ0) is 7.56. The molecule has 1 aromatic rings. The highest BCUT2D eigenvalue weighted by atomic mass is 79.9. The number of nitrogens with two attached hydrogens (primary N) is 1. The molecule has 0 fully saturated rings. The predicted molar refractivity (Wildman–Crippen MR) is 46.5 cm³/mol. The lowest BCUT2D eigenvalue weighted by Crippen LogP contribution is -1.85. The highest BCUT2D eigenvalue weighted by Crippen LogP contribution is 2.19. The summed E-state index contributed by atoms with van der Waals surface area (Å²) in [5, 5.41) is 0. The van der Waals surface area contributed by atoms with E-state index < -0.39 is 0 Å². The Labute approximate surface area is 68.4 Å². The molecule has 0 aliphatic rings. The Bertz CT molecular complexity index is 286. The van der Waals surface area contributed by atoms with E-state index in [1.807, 2.05) is 6.07 Å². The van der Waals surface area contributed by atoms with Crippen molar-refractivity contribution in [1.82, 2.24) is 0 Å². The molecule has 1 aromatic carbocycles. The third-order valence-electron chi connectivity index (χ3n) is 1.17. The van der Waals surface area contributed by atoms with Crippen LogP contribution in [0.5, 0.6) is 0 Å². The average molecular weight is 196 g/mol. The molecule has 0 aromatic heterocycles. The van der Waals surface area contributed by atoms with Crippen LogP contribution in [0.2, 0.25) is 0 Å². The normalized spacial score (nSPS) is 8.80. The lowest BCUT2D eigenvalue weighted by atomic mass is 10.2. The molecule has 1 nitrogen and oxygen atoms in total. The van der Waals surface area contributed by atoms with Gasteiger partial charge in [0.15, 0.2) is 0 Å². The van der Waals surface area contributed by atoms with Crippen molar-refractivity contribution in [1.29, 1.82) is 0 Å². The molecule has 1 rings (SSSR count). The fourth-order valence-electron chi connectivity index (χ4n) is 0.617. The zero-order valence-corrected chi connectivity index (χ0v) is 6.85. The van der Waals surface area contributed by atoms with Crippen molar-refractivity contribution in [3.8, 4) is 12.3 Å². The molecular formula is C8H6BrN. The van der Waals surface area contributed by atoms with Gasteiger partial charge in [0.1, 0.15) is 0 Å². The fourth-order valence-corrected chi connectivity index (χ4v) is 0.996. The number of halogens is 1. The van der Waals surface area contributed by atoms with Crippen molar-refractivity contribution in [2.24, 2.45) is 0 Å². The van der Waals surface area contributed by atoms with E-state index in [4.69, 9.17) is 12.2 Å². The maximum atomic E-state index is 5.53. The van der Waals surface area contributed by atoms with Gasteiger partial charge in [0.25, 0.3) is 0 Å². The van der Waals surface area contributed by atoms with E-state index in [9.17, 15) is 0 Å². The number of rotatable bonds is 0. The van der Waals surface area contributed by atoms with Gasteiger partial charge in [-0.1, -0.05) is 5.92 Å². The van der Waals surface area contributed by atoms with Crippen molar-refractivity contribution in [3.05, 3.63) is 28.2 Å². The largest absolute Gasteiger partial charge is 0.398 e. The van der Waals surface area contributed by atoms with Crippen molar-refractivity contribution < 1.29 is 0 Å². The summed E-state index contributed by atoms with van der Waals surface area (Å²) in [4.78, 5) is 0. The highest BCUT2D eigenvalue weighted by Gasteiger charge is 1.93. The maximum absolute atomic E-state index is 5.53. The number of nitrogen functional groups attached to an aromatic ring is 1. The first-order valence-corrected chi connectivity index (χ1v) is 3.55. The van der Waals surface area contributed by atoms with Crippen LogP contribution < -0.4 is 5.73 Å². The van der Waals surface area contributed by atoms with Gasteiger partial charge in [-0.25, -0.2) is 0 Å².